The van der Waals surface area contributed by atoms with E-state index in [1.807, 2.05) is 11.3 Å². The molecule has 0 aromatic carbocycles. The molecule has 0 unspecified atom stereocenters. The van der Waals surface area contributed by atoms with E-state index >= 15 is 0 Å². The lowest BCUT2D eigenvalue weighted by Gasteiger charge is -2.19. The van der Waals surface area contributed by atoms with Crippen molar-refractivity contribution in [1.29, 1.82) is 0 Å². The van der Waals surface area contributed by atoms with E-state index in [4.69, 9.17) is 0 Å². The zero-order chi connectivity index (χ0) is 13.7. The molecule has 0 atom stereocenters. The molecule has 2 rings (SSSR count). The largest absolute Gasteiger partial charge is 0.312 e. The number of hydrogen-bond acceptors (Lipinski definition) is 4. The number of hydrogen-bond donors (Lipinski definition) is 1. The van der Waals surface area contributed by atoms with Gasteiger partial charge in [-0.25, -0.2) is 0 Å². The minimum absolute atomic E-state index is 0.189. The van der Waals surface area contributed by atoms with Crippen LogP contribution in [0.25, 0.3) is 0 Å². The Morgan fingerprint density at radius 1 is 1.11 bits per heavy atom. The number of nitrogens with zero attached hydrogens (tertiary/aromatic N) is 2. The monoisotopic (exact) mass is 281 g/mol. The maximum Gasteiger partial charge on any atom is 0.120 e. The average Bonchev–Trinajstić information content (AvgIpc) is 2.62. The van der Waals surface area contributed by atoms with Gasteiger partial charge in [0.05, 0.1) is 0 Å². The lowest BCUT2D eigenvalue weighted by molar-refractivity contribution is 0.429. The van der Waals surface area contributed by atoms with Crippen LogP contribution in [0.3, 0.4) is 0 Å². The van der Waals surface area contributed by atoms with E-state index in [-0.39, 0.29) is 5.54 Å². The van der Waals surface area contributed by atoms with E-state index in [0.29, 0.717) is 5.92 Å². The predicted molar refractivity (Wildman–Crippen MR) is 81.8 cm³/mol. The standard InChI is InChI=1S/C15H27N3S/c1-15(2,3)16-11-10-13-17-18-14(19-13)12-8-6-4-5-7-9-12/h12,16H,4-11H2,1-3H3. The molecule has 0 aliphatic heterocycles. The van der Waals surface area contributed by atoms with Gasteiger partial charge in [-0.05, 0) is 33.6 Å². The zero-order valence-corrected chi connectivity index (χ0v) is 13.4. The highest BCUT2D eigenvalue weighted by Crippen LogP contribution is 2.33. The molecule has 0 spiro atoms. The first-order valence-electron chi connectivity index (χ1n) is 7.62. The van der Waals surface area contributed by atoms with Crippen molar-refractivity contribution in [2.24, 2.45) is 0 Å². The molecule has 1 aromatic heterocycles. The quantitative estimate of drug-likeness (QED) is 0.850. The van der Waals surface area contributed by atoms with Crippen molar-refractivity contribution in [3.8, 4) is 0 Å². The number of nitrogens with one attached hydrogen (secondary N) is 1. The first-order chi connectivity index (χ1) is 9.04. The van der Waals surface area contributed by atoms with Gasteiger partial charge in [-0.15, -0.1) is 21.5 Å². The minimum atomic E-state index is 0.189. The van der Waals surface area contributed by atoms with Crippen LogP contribution in [0.4, 0.5) is 0 Å². The molecule has 1 aliphatic rings. The lowest BCUT2D eigenvalue weighted by atomic mass is 10.0. The average molecular weight is 281 g/mol. The molecule has 19 heavy (non-hydrogen) atoms. The Balaban J connectivity index is 1.84. The molecule has 0 radical (unpaired) electrons. The summed E-state index contributed by atoms with van der Waals surface area (Å²) in [5, 5.41) is 14.8. The summed E-state index contributed by atoms with van der Waals surface area (Å²) in [6, 6.07) is 0. The molecule has 1 fully saturated rings. The Labute approximate surface area is 121 Å². The smallest absolute Gasteiger partial charge is 0.120 e. The van der Waals surface area contributed by atoms with Crippen molar-refractivity contribution in [2.75, 3.05) is 6.54 Å². The molecule has 0 amide bonds. The SMILES string of the molecule is CC(C)(C)NCCc1nnc(C2CCCCCC2)s1. The van der Waals surface area contributed by atoms with E-state index in [1.165, 1.54) is 48.5 Å². The summed E-state index contributed by atoms with van der Waals surface area (Å²) in [5.41, 5.74) is 0.189. The highest BCUT2D eigenvalue weighted by atomic mass is 32.1. The van der Waals surface area contributed by atoms with Crippen LogP contribution < -0.4 is 5.32 Å². The first-order valence-corrected chi connectivity index (χ1v) is 8.43. The molecule has 1 aromatic rings. The van der Waals surface area contributed by atoms with Gasteiger partial charge in [-0.2, -0.15) is 0 Å². The van der Waals surface area contributed by atoms with E-state index in [9.17, 15) is 0 Å². The normalized spacial score (nSPS) is 18.5. The van der Waals surface area contributed by atoms with Gasteiger partial charge >= 0.3 is 0 Å². The fourth-order valence-electron chi connectivity index (χ4n) is 2.60. The summed E-state index contributed by atoms with van der Waals surface area (Å²) in [7, 11) is 0. The van der Waals surface area contributed by atoms with Crippen molar-refractivity contribution in [1.82, 2.24) is 15.5 Å². The van der Waals surface area contributed by atoms with Gasteiger partial charge in [0.15, 0.2) is 0 Å². The Morgan fingerprint density at radius 3 is 2.42 bits per heavy atom. The van der Waals surface area contributed by atoms with E-state index < -0.39 is 0 Å². The fraction of sp³-hybridized carbons (Fsp3) is 0.867. The molecule has 4 heteroatoms. The van der Waals surface area contributed by atoms with Crippen LogP contribution in [0.5, 0.6) is 0 Å². The van der Waals surface area contributed by atoms with Gasteiger partial charge in [-0.1, -0.05) is 25.7 Å². The molecule has 0 saturated heterocycles. The molecule has 1 aliphatic carbocycles. The number of rotatable bonds is 4. The third-order valence-electron chi connectivity index (χ3n) is 3.68. The van der Waals surface area contributed by atoms with Crippen molar-refractivity contribution in [3.63, 3.8) is 0 Å². The summed E-state index contributed by atoms with van der Waals surface area (Å²) in [6.07, 6.45) is 9.16. The van der Waals surface area contributed by atoms with Crippen LogP contribution in [-0.2, 0) is 6.42 Å². The van der Waals surface area contributed by atoms with Gasteiger partial charge in [0.25, 0.3) is 0 Å². The Kier molecular flexibility index (Phi) is 5.34. The lowest BCUT2D eigenvalue weighted by Crippen LogP contribution is -2.37. The second-order valence-electron chi connectivity index (χ2n) is 6.65. The number of aromatic nitrogens is 2. The molecule has 1 saturated carbocycles. The second kappa shape index (κ2) is 6.80. The van der Waals surface area contributed by atoms with Gasteiger partial charge in [0.2, 0.25) is 0 Å². The highest BCUT2D eigenvalue weighted by Gasteiger charge is 2.18. The van der Waals surface area contributed by atoms with Crippen LogP contribution in [-0.4, -0.2) is 22.3 Å². The van der Waals surface area contributed by atoms with Crippen molar-refractivity contribution in [3.05, 3.63) is 10.0 Å². The van der Waals surface area contributed by atoms with E-state index in [2.05, 4.69) is 36.3 Å². The molecule has 108 valence electrons. The van der Waals surface area contributed by atoms with Crippen LogP contribution in [0.15, 0.2) is 0 Å². The fourth-order valence-corrected chi connectivity index (χ4v) is 3.61. The Hall–Kier alpha value is -0.480. The summed E-state index contributed by atoms with van der Waals surface area (Å²) in [5.74, 6) is 0.685. The van der Waals surface area contributed by atoms with Gasteiger partial charge in [0, 0.05) is 24.4 Å². The van der Waals surface area contributed by atoms with Gasteiger partial charge in [0.1, 0.15) is 10.0 Å². The first kappa shape index (κ1) is 14.9. The van der Waals surface area contributed by atoms with Crippen LogP contribution in [0.1, 0.15) is 75.2 Å². The second-order valence-corrected chi connectivity index (χ2v) is 7.74. The van der Waals surface area contributed by atoms with Gasteiger partial charge < -0.3 is 5.32 Å². The third-order valence-corrected chi connectivity index (χ3v) is 4.83. The molecule has 1 heterocycles. The summed E-state index contributed by atoms with van der Waals surface area (Å²) in [6.45, 7) is 7.58. The molecular formula is C15H27N3S. The third kappa shape index (κ3) is 5.19. The van der Waals surface area contributed by atoms with Crippen molar-refractivity contribution in [2.45, 2.75) is 77.2 Å². The predicted octanol–water partition coefficient (Wildman–Crippen LogP) is 3.91. The van der Waals surface area contributed by atoms with Gasteiger partial charge in [-0.3, -0.25) is 0 Å². The van der Waals surface area contributed by atoms with Crippen LogP contribution in [0.2, 0.25) is 0 Å². The van der Waals surface area contributed by atoms with E-state index in [1.54, 1.807) is 0 Å². The van der Waals surface area contributed by atoms with Crippen LogP contribution in [0, 0.1) is 0 Å². The van der Waals surface area contributed by atoms with Crippen molar-refractivity contribution >= 4 is 11.3 Å². The summed E-state index contributed by atoms with van der Waals surface area (Å²) < 4.78 is 0. The highest BCUT2D eigenvalue weighted by molar-refractivity contribution is 7.11. The van der Waals surface area contributed by atoms with Crippen LogP contribution >= 0.6 is 11.3 Å². The minimum Gasteiger partial charge on any atom is -0.312 e. The summed E-state index contributed by atoms with van der Waals surface area (Å²) in [4.78, 5) is 0. The van der Waals surface area contributed by atoms with Crippen molar-refractivity contribution < 1.29 is 0 Å². The maximum absolute atomic E-state index is 4.44. The zero-order valence-electron chi connectivity index (χ0n) is 12.5. The Bertz CT molecular complexity index is 373. The maximum atomic E-state index is 4.44. The van der Waals surface area contributed by atoms with E-state index in [0.717, 1.165) is 13.0 Å². The topological polar surface area (TPSA) is 37.8 Å². The Morgan fingerprint density at radius 2 is 1.79 bits per heavy atom. The molecular weight excluding hydrogens is 254 g/mol. The molecule has 1 N–H and O–H groups in total. The molecule has 0 bridgehead atoms. The molecule has 3 nitrogen and oxygen atoms in total. The summed E-state index contributed by atoms with van der Waals surface area (Å²) >= 11 is 1.84.